The van der Waals surface area contributed by atoms with E-state index in [0.717, 1.165) is 12.1 Å². The summed E-state index contributed by atoms with van der Waals surface area (Å²) in [7, 11) is 0. The number of hydrogen-bond donors (Lipinski definition) is 0. The van der Waals surface area contributed by atoms with Crippen molar-refractivity contribution in [1.29, 1.82) is 0 Å². The summed E-state index contributed by atoms with van der Waals surface area (Å²) in [6.45, 7) is 11.0. The van der Waals surface area contributed by atoms with E-state index in [-0.39, 0.29) is 5.60 Å². The van der Waals surface area contributed by atoms with Crippen LogP contribution >= 0.6 is 0 Å². The molecule has 130 valence electrons. The Labute approximate surface area is 150 Å². The molecular weight excluding hydrogens is 306 g/mol. The normalized spacial score (nSPS) is 24.8. The molecule has 1 heterocycles. The van der Waals surface area contributed by atoms with Gasteiger partial charge in [0.2, 0.25) is 0 Å². The number of benzene rings is 2. The Bertz CT molecular complexity index is 857. The third-order valence-electron chi connectivity index (χ3n) is 6.25. The Morgan fingerprint density at radius 2 is 1.80 bits per heavy atom. The summed E-state index contributed by atoms with van der Waals surface area (Å²) in [6.07, 6.45) is 3.27. The highest BCUT2D eigenvalue weighted by molar-refractivity contribution is 6.02. The number of fused-ring (bicyclic) bond motifs is 1. The van der Waals surface area contributed by atoms with Crippen LogP contribution in [0.1, 0.15) is 71.6 Å². The van der Waals surface area contributed by atoms with Gasteiger partial charge >= 0.3 is 0 Å². The lowest BCUT2D eigenvalue weighted by atomic mass is 9.86. The lowest BCUT2D eigenvalue weighted by Gasteiger charge is -2.24. The van der Waals surface area contributed by atoms with E-state index in [2.05, 4.69) is 70.1 Å². The smallest absolute Gasteiger partial charge is 0.165 e. The minimum absolute atomic E-state index is 0.370. The van der Waals surface area contributed by atoms with Gasteiger partial charge in [-0.2, -0.15) is 0 Å². The maximum atomic E-state index is 5.97. The lowest BCUT2D eigenvalue weighted by Crippen LogP contribution is -2.22. The first-order chi connectivity index (χ1) is 11.9. The van der Waals surface area contributed by atoms with Crippen molar-refractivity contribution >= 4 is 5.71 Å². The summed E-state index contributed by atoms with van der Waals surface area (Å²) in [4.78, 5) is 5.97. The first-order valence-corrected chi connectivity index (χ1v) is 9.34. The van der Waals surface area contributed by atoms with Gasteiger partial charge in [0, 0.05) is 6.42 Å². The van der Waals surface area contributed by atoms with E-state index in [1.54, 1.807) is 0 Å². The largest absolute Gasteiger partial charge is 0.384 e. The molecule has 4 rings (SSSR count). The molecule has 2 aliphatic rings. The molecule has 1 aliphatic carbocycles. The number of rotatable bonds is 2. The fourth-order valence-electron chi connectivity index (χ4n) is 4.20. The molecule has 0 fully saturated rings. The maximum absolute atomic E-state index is 5.97. The fraction of sp³-hybridized carbons (Fsp3) is 0.435. The van der Waals surface area contributed by atoms with E-state index in [4.69, 9.17) is 4.84 Å². The molecule has 0 radical (unpaired) electrons. The van der Waals surface area contributed by atoms with Gasteiger partial charge in [-0.05, 0) is 91.5 Å². The zero-order valence-corrected chi connectivity index (χ0v) is 15.9. The molecule has 0 aromatic heterocycles. The van der Waals surface area contributed by atoms with Crippen LogP contribution in [0.4, 0.5) is 0 Å². The zero-order chi connectivity index (χ0) is 17.8. The minimum Gasteiger partial charge on any atom is -0.384 e. The highest BCUT2D eigenvalue weighted by Gasteiger charge is 2.37. The maximum Gasteiger partial charge on any atom is 0.165 e. The van der Waals surface area contributed by atoms with E-state index in [0.29, 0.717) is 5.92 Å². The standard InChI is InChI=1S/C23H27NO/c1-14-6-7-18-12-19(8-9-21(14)18)22-13-23(5,25-24-22)20-10-15(2)17(4)16(3)11-20/h8-12,14H,6-7,13H2,1-5H3. The first-order valence-electron chi connectivity index (χ1n) is 9.34. The van der Waals surface area contributed by atoms with Crippen LogP contribution in [0.3, 0.4) is 0 Å². The number of oxime groups is 1. The molecule has 2 nitrogen and oxygen atoms in total. The van der Waals surface area contributed by atoms with Crippen LogP contribution < -0.4 is 0 Å². The van der Waals surface area contributed by atoms with E-state index in [1.807, 2.05) is 0 Å². The van der Waals surface area contributed by atoms with Gasteiger partial charge < -0.3 is 4.84 Å². The van der Waals surface area contributed by atoms with E-state index in [9.17, 15) is 0 Å². The zero-order valence-electron chi connectivity index (χ0n) is 15.9. The number of hydrogen-bond acceptors (Lipinski definition) is 2. The van der Waals surface area contributed by atoms with Crippen molar-refractivity contribution in [3.8, 4) is 0 Å². The van der Waals surface area contributed by atoms with E-state index >= 15 is 0 Å². The van der Waals surface area contributed by atoms with Crippen LogP contribution in [0.2, 0.25) is 0 Å². The molecule has 0 N–H and O–H groups in total. The van der Waals surface area contributed by atoms with Gasteiger partial charge in [-0.25, -0.2) is 0 Å². The Kier molecular flexibility index (Phi) is 3.75. The Hall–Kier alpha value is -2.09. The summed E-state index contributed by atoms with van der Waals surface area (Å²) < 4.78 is 0. The first kappa shape index (κ1) is 16.4. The molecule has 2 unspecified atom stereocenters. The summed E-state index contributed by atoms with van der Waals surface area (Å²) in [5, 5.41) is 4.48. The molecule has 0 saturated heterocycles. The highest BCUT2D eigenvalue weighted by atomic mass is 16.7. The lowest BCUT2D eigenvalue weighted by molar-refractivity contribution is -0.00747. The van der Waals surface area contributed by atoms with Gasteiger partial charge in [-0.3, -0.25) is 0 Å². The second-order valence-corrected chi connectivity index (χ2v) is 8.13. The molecular formula is C23H27NO. The average Bonchev–Trinajstić information content (AvgIpc) is 3.16. The molecule has 25 heavy (non-hydrogen) atoms. The van der Waals surface area contributed by atoms with Gasteiger partial charge in [0.05, 0.1) is 5.71 Å². The van der Waals surface area contributed by atoms with Gasteiger partial charge in [0.1, 0.15) is 0 Å². The van der Waals surface area contributed by atoms with Gasteiger partial charge in [0.15, 0.2) is 5.60 Å². The van der Waals surface area contributed by atoms with Crippen molar-refractivity contribution in [2.24, 2.45) is 5.16 Å². The van der Waals surface area contributed by atoms with Crippen molar-refractivity contribution in [2.45, 2.75) is 65.4 Å². The fourth-order valence-corrected chi connectivity index (χ4v) is 4.20. The average molecular weight is 333 g/mol. The summed E-state index contributed by atoms with van der Waals surface area (Å²) in [5.41, 5.74) is 10.1. The third kappa shape index (κ3) is 2.68. The topological polar surface area (TPSA) is 21.6 Å². The second-order valence-electron chi connectivity index (χ2n) is 8.13. The van der Waals surface area contributed by atoms with Crippen LogP contribution in [0, 0.1) is 20.8 Å². The van der Waals surface area contributed by atoms with Crippen LogP contribution in [0.25, 0.3) is 0 Å². The van der Waals surface area contributed by atoms with Crippen molar-refractivity contribution in [3.05, 3.63) is 69.3 Å². The van der Waals surface area contributed by atoms with Gasteiger partial charge in [-0.15, -0.1) is 0 Å². The molecule has 0 amide bonds. The predicted molar refractivity (Wildman–Crippen MR) is 103 cm³/mol. The molecule has 0 bridgehead atoms. The van der Waals surface area contributed by atoms with Crippen LogP contribution in [-0.2, 0) is 16.9 Å². The van der Waals surface area contributed by atoms with Crippen LogP contribution in [0.15, 0.2) is 35.5 Å². The molecule has 2 atom stereocenters. The van der Waals surface area contributed by atoms with Crippen LogP contribution in [-0.4, -0.2) is 5.71 Å². The Morgan fingerprint density at radius 3 is 2.52 bits per heavy atom. The molecule has 2 aromatic carbocycles. The molecule has 2 aromatic rings. The molecule has 0 spiro atoms. The minimum atomic E-state index is -0.370. The Balaban J connectivity index is 1.62. The van der Waals surface area contributed by atoms with Crippen LogP contribution in [0.5, 0.6) is 0 Å². The van der Waals surface area contributed by atoms with E-state index in [1.165, 1.54) is 51.8 Å². The van der Waals surface area contributed by atoms with E-state index < -0.39 is 0 Å². The van der Waals surface area contributed by atoms with Crippen molar-refractivity contribution in [2.75, 3.05) is 0 Å². The third-order valence-corrected chi connectivity index (χ3v) is 6.25. The summed E-state index contributed by atoms with van der Waals surface area (Å²) in [5.74, 6) is 0.689. The van der Waals surface area contributed by atoms with Crippen molar-refractivity contribution in [1.82, 2.24) is 0 Å². The highest BCUT2D eigenvalue weighted by Crippen LogP contribution is 2.39. The quantitative estimate of drug-likeness (QED) is 0.690. The summed E-state index contributed by atoms with van der Waals surface area (Å²) in [6, 6.07) is 11.4. The molecule has 2 heteroatoms. The second kappa shape index (κ2) is 5.72. The number of aryl methyl sites for hydroxylation is 3. The predicted octanol–water partition coefficient (Wildman–Crippen LogP) is 5.70. The van der Waals surface area contributed by atoms with Crippen molar-refractivity contribution < 1.29 is 4.84 Å². The van der Waals surface area contributed by atoms with Gasteiger partial charge in [-0.1, -0.05) is 36.3 Å². The Morgan fingerprint density at radius 1 is 1.08 bits per heavy atom. The summed E-state index contributed by atoms with van der Waals surface area (Å²) >= 11 is 0. The SMILES string of the molecule is Cc1cc(C2(C)CC(c3ccc4c(c3)CCC4C)=NO2)cc(C)c1C. The monoisotopic (exact) mass is 333 g/mol. The number of nitrogens with zero attached hydrogens (tertiary/aromatic N) is 1. The molecule has 1 aliphatic heterocycles. The van der Waals surface area contributed by atoms with Gasteiger partial charge in [0.25, 0.3) is 0 Å². The van der Waals surface area contributed by atoms with Crippen molar-refractivity contribution in [3.63, 3.8) is 0 Å². The molecule has 0 saturated carbocycles.